The molecule has 1 rings (SSSR count). The van der Waals surface area contributed by atoms with Crippen LogP contribution in [0.5, 0.6) is 0 Å². The van der Waals surface area contributed by atoms with E-state index in [0.29, 0.717) is 18.5 Å². The van der Waals surface area contributed by atoms with Crippen LogP contribution in [0.3, 0.4) is 0 Å². The number of anilines is 1. The first-order valence-electron chi connectivity index (χ1n) is 7.45. The normalized spacial score (nSPS) is 13.0. The molecule has 6 heteroatoms. The number of aromatic nitrogens is 1. The Balaban J connectivity index is 2.63. The molecule has 1 aromatic rings. The molecule has 1 aromatic heterocycles. The van der Waals surface area contributed by atoms with Crippen LogP contribution in [0.15, 0.2) is 5.38 Å². The van der Waals surface area contributed by atoms with Gasteiger partial charge in [0.2, 0.25) is 5.91 Å². The lowest BCUT2D eigenvalue weighted by molar-refractivity contribution is -0.116. The Labute approximate surface area is 132 Å². The summed E-state index contributed by atoms with van der Waals surface area (Å²) in [5.74, 6) is 0.605. The molecule has 1 unspecified atom stereocenters. The van der Waals surface area contributed by atoms with Crippen molar-refractivity contribution in [1.29, 1.82) is 0 Å². The predicted octanol–water partition coefficient (Wildman–Crippen LogP) is 2.19. The SMILES string of the molecule is CCN(C(C)=O)c1nc(CNC(CN(C)C)C(C)C)cs1. The van der Waals surface area contributed by atoms with E-state index in [1.165, 1.54) is 11.3 Å². The van der Waals surface area contributed by atoms with Crippen molar-refractivity contribution in [3.05, 3.63) is 11.1 Å². The average molecular weight is 312 g/mol. The zero-order valence-electron chi connectivity index (χ0n) is 14.0. The van der Waals surface area contributed by atoms with Crippen molar-refractivity contribution in [1.82, 2.24) is 15.2 Å². The quantitative estimate of drug-likeness (QED) is 0.799. The predicted molar refractivity (Wildman–Crippen MR) is 89.8 cm³/mol. The second-order valence-corrected chi connectivity index (χ2v) is 6.71. The lowest BCUT2D eigenvalue weighted by Gasteiger charge is -2.25. The third kappa shape index (κ3) is 5.73. The van der Waals surface area contributed by atoms with Gasteiger partial charge in [0, 0.05) is 38.0 Å². The fourth-order valence-corrected chi connectivity index (χ4v) is 3.07. The topological polar surface area (TPSA) is 48.5 Å². The van der Waals surface area contributed by atoms with Gasteiger partial charge in [-0.2, -0.15) is 0 Å². The Kier molecular flexibility index (Phi) is 7.28. The minimum absolute atomic E-state index is 0.0408. The van der Waals surface area contributed by atoms with Crippen LogP contribution < -0.4 is 10.2 Å². The van der Waals surface area contributed by atoms with E-state index in [1.807, 2.05) is 12.3 Å². The number of amides is 1. The number of nitrogens with zero attached hydrogens (tertiary/aromatic N) is 3. The van der Waals surface area contributed by atoms with Crippen molar-refractivity contribution in [2.45, 2.75) is 40.3 Å². The zero-order chi connectivity index (χ0) is 16.0. The van der Waals surface area contributed by atoms with Crippen molar-refractivity contribution in [2.75, 3.05) is 32.1 Å². The smallest absolute Gasteiger partial charge is 0.225 e. The van der Waals surface area contributed by atoms with Crippen LogP contribution in [-0.2, 0) is 11.3 Å². The summed E-state index contributed by atoms with van der Waals surface area (Å²) in [6, 6.07) is 0.431. The van der Waals surface area contributed by atoms with Crippen molar-refractivity contribution < 1.29 is 4.79 Å². The van der Waals surface area contributed by atoms with Gasteiger partial charge in [-0.1, -0.05) is 13.8 Å². The molecule has 1 atom stereocenters. The maximum Gasteiger partial charge on any atom is 0.225 e. The molecule has 1 N–H and O–H groups in total. The number of nitrogens with one attached hydrogen (secondary N) is 1. The molecular weight excluding hydrogens is 284 g/mol. The summed E-state index contributed by atoms with van der Waals surface area (Å²) in [5, 5.41) is 6.38. The van der Waals surface area contributed by atoms with E-state index in [4.69, 9.17) is 0 Å². The van der Waals surface area contributed by atoms with E-state index in [2.05, 4.69) is 43.1 Å². The number of carbonyl (C=O) groups is 1. The van der Waals surface area contributed by atoms with Gasteiger partial charge in [-0.05, 0) is 26.9 Å². The van der Waals surface area contributed by atoms with Crippen LogP contribution >= 0.6 is 11.3 Å². The molecule has 0 bridgehead atoms. The Morgan fingerprint density at radius 3 is 2.57 bits per heavy atom. The van der Waals surface area contributed by atoms with E-state index >= 15 is 0 Å². The maximum absolute atomic E-state index is 11.5. The molecular formula is C15H28N4OS. The van der Waals surface area contributed by atoms with Crippen molar-refractivity contribution in [3.8, 4) is 0 Å². The van der Waals surface area contributed by atoms with Crippen molar-refractivity contribution >= 4 is 22.4 Å². The molecule has 1 heterocycles. The molecule has 1 amide bonds. The van der Waals surface area contributed by atoms with Crippen LogP contribution in [0, 0.1) is 5.92 Å². The molecule has 0 aromatic carbocycles. The van der Waals surface area contributed by atoms with Gasteiger partial charge >= 0.3 is 0 Å². The second kappa shape index (κ2) is 8.46. The van der Waals surface area contributed by atoms with Gasteiger partial charge in [-0.3, -0.25) is 9.69 Å². The third-order valence-corrected chi connectivity index (χ3v) is 4.29. The Morgan fingerprint density at radius 1 is 1.43 bits per heavy atom. The van der Waals surface area contributed by atoms with E-state index in [-0.39, 0.29) is 5.91 Å². The first-order valence-corrected chi connectivity index (χ1v) is 8.33. The summed E-state index contributed by atoms with van der Waals surface area (Å²) in [4.78, 5) is 20.0. The highest BCUT2D eigenvalue weighted by Crippen LogP contribution is 2.20. The molecule has 0 aliphatic carbocycles. The summed E-state index contributed by atoms with van der Waals surface area (Å²) < 4.78 is 0. The summed E-state index contributed by atoms with van der Waals surface area (Å²) in [6.07, 6.45) is 0. The maximum atomic E-state index is 11.5. The van der Waals surface area contributed by atoms with E-state index < -0.39 is 0 Å². The van der Waals surface area contributed by atoms with Crippen LogP contribution in [0.4, 0.5) is 5.13 Å². The summed E-state index contributed by atoms with van der Waals surface area (Å²) >= 11 is 1.53. The molecule has 0 saturated heterocycles. The standard InChI is InChI=1S/C15H28N4OS/c1-7-19(12(4)20)15-17-13(10-21-15)8-16-14(11(2)3)9-18(5)6/h10-11,14,16H,7-9H2,1-6H3. The van der Waals surface area contributed by atoms with Gasteiger partial charge in [-0.25, -0.2) is 4.98 Å². The zero-order valence-corrected chi connectivity index (χ0v) is 14.8. The monoisotopic (exact) mass is 312 g/mol. The highest BCUT2D eigenvalue weighted by atomic mass is 32.1. The Morgan fingerprint density at radius 2 is 2.10 bits per heavy atom. The third-order valence-electron chi connectivity index (χ3n) is 3.38. The molecule has 0 saturated carbocycles. The van der Waals surface area contributed by atoms with Crippen molar-refractivity contribution in [3.63, 3.8) is 0 Å². The van der Waals surface area contributed by atoms with E-state index in [0.717, 1.165) is 23.9 Å². The van der Waals surface area contributed by atoms with Gasteiger partial charge in [0.25, 0.3) is 0 Å². The Hall–Kier alpha value is -0.980. The minimum atomic E-state index is 0.0408. The molecule has 0 spiro atoms. The lowest BCUT2D eigenvalue weighted by Crippen LogP contribution is -2.41. The van der Waals surface area contributed by atoms with Gasteiger partial charge in [0.1, 0.15) is 0 Å². The highest BCUT2D eigenvalue weighted by molar-refractivity contribution is 7.14. The first-order chi connectivity index (χ1) is 9.85. The number of hydrogen-bond donors (Lipinski definition) is 1. The minimum Gasteiger partial charge on any atom is -0.308 e. The van der Waals surface area contributed by atoms with Crippen LogP contribution in [0.2, 0.25) is 0 Å². The molecule has 21 heavy (non-hydrogen) atoms. The van der Waals surface area contributed by atoms with Gasteiger partial charge in [0.05, 0.1) is 5.69 Å². The fraction of sp³-hybridized carbons (Fsp3) is 0.733. The number of thiazole rings is 1. The highest BCUT2D eigenvalue weighted by Gasteiger charge is 2.16. The molecule has 0 radical (unpaired) electrons. The molecule has 5 nitrogen and oxygen atoms in total. The summed E-state index contributed by atoms with van der Waals surface area (Å²) in [6.45, 7) is 10.4. The van der Waals surface area contributed by atoms with Crippen molar-refractivity contribution in [2.24, 2.45) is 5.92 Å². The second-order valence-electron chi connectivity index (χ2n) is 5.88. The van der Waals surface area contributed by atoms with E-state index in [9.17, 15) is 4.79 Å². The summed E-state index contributed by atoms with van der Waals surface area (Å²) in [7, 11) is 4.17. The number of hydrogen-bond acceptors (Lipinski definition) is 5. The number of carbonyl (C=O) groups excluding carboxylic acids is 1. The van der Waals surface area contributed by atoms with Gasteiger partial charge < -0.3 is 10.2 Å². The average Bonchev–Trinajstić information content (AvgIpc) is 2.82. The van der Waals surface area contributed by atoms with Crippen LogP contribution in [-0.4, -0.2) is 49.0 Å². The summed E-state index contributed by atoms with van der Waals surface area (Å²) in [5.41, 5.74) is 0.999. The fourth-order valence-electron chi connectivity index (χ4n) is 2.13. The van der Waals surface area contributed by atoms with Gasteiger partial charge in [0.15, 0.2) is 5.13 Å². The first kappa shape index (κ1) is 18.1. The molecule has 0 fully saturated rings. The Bertz CT molecular complexity index is 445. The number of likely N-dealkylation sites (N-methyl/N-ethyl adjacent to an activating group) is 1. The van der Waals surface area contributed by atoms with Crippen LogP contribution in [0.25, 0.3) is 0 Å². The molecule has 120 valence electrons. The van der Waals surface area contributed by atoms with E-state index in [1.54, 1.807) is 11.8 Å². The largest absolute Gasteiger partial charge is 0.308 e. The van der Waals surface area contributed by atoms with Crippen LogP contribution in [0.1, 0.15) is 33.4 Å². The number of rotatable bonds is 8. The van der Waals surface area contributed by atoms with Gasteiger partial charge in [-0.15, -0.1) is 11.3 Å². The molecule has 0 aliphatic rings. The molecule has 0 aliphatic heterocycles. The lowest BCUT2D eigenvalue weighted by atomic mass is 10.0.